The van der Waals surface area contributed by atoms with Crippen molar-refractivity contribution in [3.8, 4) is 11.5 Å². The number of benzene rings is 2. The number of rotatable bonds is 8. The maximum absolute atomic E-state index is 13.0. The van der Waals surface area contributed by atoms with Crippen LogP contribution in [0.3, 0.4) is 0 Å². The fraction of sp³-hybridized carbons (Fsp3) is 0.320. The quantitative estimate of drug-likeness (QED) is 0.344. The molecular formula is C25H25FO6. The second kappa shape index (κ2) is 11.2. The highest BCUT2D eigenvalue weighted by Gasteiger charge is 2.32. The van der Waals surface area contributed by atoms with Gasteiger partial charge in [-0.25, -0.2) is 9.18 Å². The van der Waals surface area contributed by atoms with E-state index in [-0.39, 0.29) is 30.4 Å². The van der Waals surface area contributed by atoms with Gasteiger partial charge in [-0.3, -0.25) is 9.59 Å². The molecule has 32 heavy (non-hydrogen) atoms. The molecule has 168 valence electrons. The normalized spacial score (nSPS) is 17.8. The number of hydrogen-bond donors (Lipinski definition) is 0. The van der Waals surface area contributed by atoms with Crippen LogP contribution < -0.4 is 9.47 Å². The van der Waals surface area contributed by atoms with Crippen molar-refractivity contribution < 1.29 is 33.0 Å². The van der Waals surface area contributed by atoms with Gasteiger partial charge >= 0.3 is 17.9 Å². The Balaban J connectivity index is 1.42. The Hall–Kier alpha value is -3.48. The molecule has 0 spiro atoms. The third kappa shape index (κ3) is 6.77. The van der Waals surface area contributed by atoms with Crippen LogP contribution in [0.5, 0.6) is 11.5 Å². The molecule has 0 heterocycles. The highest BCUT2D eigenvalue weighted by molar-refractivity contribution is 5.81. The molecule has 0 aromatic heterocycles. The second-order valence-corrected chi connectivity index (χ2v) is 7.61. The number of carbonyl (C=O) groups is 3. The van der Waals surface area contributed by atoms with E-state index in [1.165, 1.54) is 24.3 Å². The summed E-state index contributed by atoms with van der Waals surface area (Å²) in [6, 6.07) is 12.3. The van der Waals surface area contributed by atoms with E-state index in [4.69, 9.17) is 14.2 Å². The van der Waals surface area contributed by atoms with Gasteiger partial charge in [-0.15, -0.1) is 0 Å². The minimum atomic E-state index is -0.464. The molecule has 7 heteroatoms. The van der Waals surface area contributed by atoms with Crippen molar-refractivity contribution in [1.29, 1.82) is 0 Å². The average Bonchev–Trinajstić information content (AvgIpc) is 2.81. The smallest absolute Gasteiger partial charge is 0.330 e. The Morgan fingerprint density at radius 1 is 0.844 bits per heavy atom. The van der Waals surface area contributed by atoms with E-state index in [0.717, 1.165) is 11.6 Å². The lowest BCUT2D eigenvalue weighted by Gasteiger charge is -2.25. The molecule has 3 rings (SSSR count). The first-order chi connectivity index (χ1) is 15.4. The summed E-state index contributed by atoms with van der Waals surface area (Å²) in [6.07, 6.45) is 3.80. The van der Waals surface area contributed by atoms with Crippen LogP contribution in [0.2, 0.25) is 0 Å². The van der Waals surface area contributed by atoms with Gasteiger partial charge in [0.05, 0.1) is 18.4 Å². The summed E-state index contributed by atoms with van der Waals surface area (Å²) in [5, 5.41) is 0. The zero-order chi connectivity index (χ0) is 22.9. The van der Waals surface area contributed by atoms with Crippen molar-refractivity contribution in [3.05, 3.63) is 72.6 Å². The molecule has 1 fully saturated rings. The second-order valence-electron chi connectivity index (χ2n) is 7.61. The summed E-state index contributed by atoms with van der Waals surface area (Å²) < 4.78 is 28.7. The molecule has 0 bridgehead atoms. The lowest BCUT2D eigenvalue weighted by molar-refractivity contribution is -0.145. The van der Waals surface area contributed by atoms with E-state index < -0.39 is 11.8 Å². The molecule has 2 aromatic rings. The molecule has 0 unspecified atom stereocenters. The van der Waals surface area contributed by atoms with E-state index >= 15 is 0 Å². The first-order valence-electron chi connectivity index (χ1n) is 10.5. The highest BCUT2D eigenvalue weighted by atomic mass is 19.1. The summed E-state index contributed by atoms with van der Waals surface area (Å²) in [5.41, 5.74) is 0.946. The van der Waals surface area contributed by atoms with Gasteiger partial charge in [0.2, 0.25) is 0 Å². The van der Waals surface area contributed by atoms with Gasteiger partial charge in [-0.1, -0.05) is 18.7 Å². The minimum absolute atomic E-state index is 0.247. The summed E-state index contributed by atoms with van der Waals surface area (Å²) >= 11 is 0. The number of ether oxygens (including phenoxy) is 3. The molecule has 2 aromatic carbocycles. The molecule has 0 aliphatic heterocycles. The van der Waals surface area contributed by atoms with Crippen LogP contribution in [0.25, 0.3) is 0 Å². The zero-order valence-electron chi connectivity index (χ0n) is 17.6. The Morgan fingerprint density at radius 3 is 1.78 bits per heavy atom. The van der Waals surface area contributed by atoms with Crippen molar-refractivity contribution in [3.63, 3.8) is 0 Å². The monoisotopic (exact) mass is 440 g/mol. The predicted octanol–water partition coefficient (Wildman–Crippen LogP) is 4.41. The molecule has 1 aliphatic rings. The van der Waals surface area contributed by atoms with Crippen LogP contribution in [0.4, 0.5) is 4.39 Å². The fourth-order valence-electron chi connectivity index (χ4n) is 3.52. The van der Waals surface area contributed by atoms with E-state index in [9.17, 15) is 18.8 Å². The SMILES string of the molecule is C=CC(=O)OCCc1ccc(OC(=O)C2CCC(C(=O)Oc3ccc(F)cc3)CC2)cc1. The molecule has 1 saturated carbocycles. The number of hydrogen-bond acceptors (Lipinski definition) is 6. The molecule has 0 atom stereocenters. The Labute approximate surface area is 186 Å². The standard InChI is InChI=1S/C25H25FO6/c1-2-23(27)30-16-15-17-3-11-21(12-4-17)31-24(28)18-5-7-19(8-6-18)25(29)32-22-13-9-20(26)10-14-22/h2-4,9-14,18-19H,1,5-8,15-16H2. The van der Waals surface area contributed by atoms with Crippen molar-refractivity contribution >= 4 is 17.9 Å². The number of esters is 3. The van der Waals surface area contributed by atoms with Crippen LogP contribution in [0.15, 0.2) is 61.2 Å². The van der Waals surface area contributed by atoms with Crippen LogP contribution in [0, 0.1) is 17.7 Å². The van der Waals surface area contributed by atoms with Gasteiger partial charge in [0.1, 0.15) is 17.3 Å². The number of halogens is 1. The molecule has 1 aliphatic carbocycles. The Morgan fingerprint density at radius 2 is 1.31 bits per heavy atom. The Bertz CT molecular complexity index is 943. The first kappa shape index (κ1) is 23.2. The van der Waals surface area contributed by atoms with Crippen LogP contribution in [-0.4, -0.2) is 24.5 Å². The zero-order valence-corrected chi connectivity index (χ0v) is 17.6. The first-order valence-corrected chi connectivity index (χ1v) is 10.5. The van der Waals surface area contributed by atoms with E-state index in [0.29, 0.717) is 43.6 Å². The van der Waals surface area contributed by atoms with Gasteiger partial charge in [0.15, 0.2) is 0 Å². The summed E-state index contributed by atoms with van der Waals surface area (Å²) in [7, 11) is 0. The highest BCUT2D eigenvalue weighted by Crippen LogP contribution is 2.31. The van der Waals surface area contributed by atoms with Crippen LogP contribution >= 0.6 is 0 Å². The van der Waals surface area contributed by atoms with E-state index in [1.54, 1.807) is 12.1 Å². The maximum atomic E-state index is 13.0. The molecule has 6 nitrogen and oxygen atoms in total. The Kier molecular flexibility index (Phi) is 8.14. The van der Waals surface area contributed by atoms with Crippen LogP contribution in [-0.2, 0) is 25.5 Å². The molecular weight excluding hydrogens is 415 g/mol. The third-order valence-electron chi connectivity index (χ3n) is 5.37. The predicted molar refractivity (Wildman–Crippen MR) is 114 cm³/mol. The van der Waals surface area contributed by atoms with E-state index in [1.807, 2.05) is 12.1 Å². The third-order valence-corrected chi connectivity index (χ3v) is 5.37. The van der Waals surface area contributed by atoms with Gasteiger partial charge in [-0.05, 0) is 67.6 Å². The lowest BCUT2D eigenvalue weighted by Crippen LogP contribution is -2.30. The van der Waals surface area contributed by atoms with Gasteiger partial charge in [-0.2, -0.15) is 0 Å². The summed E-state index contributed by atoms with van der Waals surface area (Å²) in [6.45, 7) is 3.59. The largest absolute Gasteiger partial charge is 0.462 e. The van der Waals surface area contributed by atoms with Crippen molar-refractivity contribution in [2.75, 3.05) is 6.61 Å². The van der Waals surface area contributed by atoms with Gasteiger partial charge in [0.25, 0.3) is 0 Å². The minimum Gasteiger partial charge on any atom is -0.462 e. The van der Waals surface area contributed by atoms with Gasteiger partial charge < -0.3 is 14.2 Å². The summed E-state index contributed by atoms with van der Waals surface area (Å²) in [5.74, 6) is -1.36. The van der Waals surface area contributed by atoms with Crippen LogP contribution in [0.1, 0.15) is 31.2 Å². The summed E-state index contributed by atoms with van der Waals surface area (Å²) in [4.78, 5) is 35.9. The topological polar surface area (TPSA) is 78.9 Å². The number of carbonyl (C=O) groups excluding carboxylic acids is 3. The molecule has 0 saturated heterocycles. The fourth-order valence-corrected chi connectivity index (χ4v) is 3.52. The molecule has 0 radical (unpaired) electrons. The average molecular weight is 440 g/mol. The van der Waals surface area contributed by atoms with Crippen molar-refractivity contribution in [2.45, 2.75) is 32.1 Å². The molecule has 0 amide bonds. The van der Waals surface area contributed by atoms with Crippen molar-refractivity contribution in [1.82, 2.24) is 0 Å². The maximum Gasteiger partial charge on any atom is 0.330 e. The van der Waals surface area contributed by atoms with E-state index in [2.05, 4.69) is 6.58 Å². The van der Waals surface area contributed by atoms with Gasteiger partial charge in [0, 0.05) is 12.5 Å². The lowest BCUT2D eigenvalue weighted by atomic mass is 9.82. The molecule has 0 N–H and O–H groups in total. The van der Waals surface area contributed by atoms with Crippen molar-refractivity contribution in [2.24, 2.45) is 11.8 Å².